The molecule has 1 aromatic carbocycles. The summed E-state index contributed by atoms with van der Waals surface area (Å²) in [7, 11) is 0. The third kappa shape index (κ3) is 3.05. The SMILES string of the molecule is O=C(O)C1CN(C(=O)Nc2cc(Cl)c(Cl)cc2Cl)C1. The number of benzene rings is 1. The first-order valence-corrected chi connectivity index (χ1v) is 6.45. The van der Waals surface area contributed by atoms with Gasteiger partial charge in [0.2, 0.25) is 0 Å². The third-order valence-corrected chi connectivity index (χ3v) is 3.80. The normalized spacial score (nSPS) is 15.0. The molecule has 1 saturated heterocycles. The van der Waals surface area contributed by atoms with E-state index in [1.165, 1.54) is 17.0 Å². The van der Waals surface area contributed by atoms with Gasteiger partial charge < -0.3 is 15.3 Å². The molecule has 8 heteroatoms. The van der Waals surface area contributed by atoms with Crippen molar-refractivity contribution < 1.29 is 14.7 Å². The molecule has 0 radical (unpaired) electrons. The smallest absolute Gasteiger partial charge is 0.321 e. The Kier molecular flexibility index (Phi) is 4.08. The van der Waals surface area contributed by atoms with E-state index in [-0.39, 0.29) is 23.1 Å². The van der Waals surface area contributed by atoms with E-state index in [1.54, 1.807) is 0 Å². The lowest BCUT2D eigenvalue weighted by Gasteiger charge is -2.36. The predicted octanol–water partition coefficient (Wildman–Crippen LogP) is 3.20. The zero-order valence-electron chi connectivity index (χ0n) is 9.49. The average molecular weight is 324 g/mol. The van der Waals surface area contributed by atoms with Crippen molar-refractivity contribution >= 4 is 52.5 Å². The molecule has 2 rings (SSSR count). The molecule has 1 aliphatic rings. The van der Waals surface area contributed by atoms with Gasteiger partial charge in [0.25, 0.3) is 0 Å². The molecular weight excluding hydrogens is 314 g/mol. The molecule has 0 aromatic heterocycles. The number of aliphatic carboxylic acids is 1. The molecule has 2 N–H and O–H groups in total. The summed E-state index contributed by atoms with van der Waals surface area (Å²) in [6, 6.07) is 2.45. The predicted molar refractivity (Wildman–Crippen MR) is 73.2 cm³/mol. The van der Waals surface area contributed by atoms with E-state index < -0.39 is 17.9 Å². The van der Waals surface area contributed by atoms with Crippen LogP contribution in [-0.4, -0.2) is 35.1 Å². The first kappa shape index (κ1) is 14.2. The number of hydrogen-bond acceptors (Lipinski definition) is 2. The molecule has 1 aliphatic heterocycles. The molecule has 0 unspecified atom stereocenters. The number of rotatable bonds is 2. The Morgan fingerprint density at radius 1 is 1.16 bits per heavy atom. The fraction of sp³-hybridized carbons (Fsp3) is 0.273. The molecule has 1 fully saturated rings. The number of hydrogen-bond donors (Lipinski definition) is 2. The van der Waals surface area contributed by atoms with Crippen LogP contribution in [0.2, 0.25) is 15.1 Å². The van der Waals surface area contributed by atoms with Crippen molar-refractivity contribution in [2.45, 2.75) is 0 Å². The van der Waals surface area contributed by atoms with Gasteiger partial charge in [0.15, 0.2) is 0 Å². The fourth-order valence-corrected chi connectivity index (χ4v) is 2.21. The van der Waals surface area contributed by atoms with Crippen LogP contribution in [0.3, 0.4) is 0 Å². The van der Waals surface area contributed by atoms with Gasteiger partial charge in [0.05, 0.1) is 26.7 Å². The highest BCUT2D eigenvalue weighted by atomic mass is 35.5. The number of nitrogens with one attached hydrogen (secondary N) is 1. The van der Waals surface area contributed by atoms with E-state index >= 15 is 0 Å². The molecule has 5 nitrogen and oxygen atoms in total. The molecule has 0 bridgehead atoms. The summed E-state index contributed by atoms with van der Waals surface area (Å²) in [4.78, 5) is 23.8. The number of carbonyl (C=O) groups excluding carboxylic acids is 1. The second kappa shape index (κ2) is 5.45. The summed E-state index contributed by atoms with van der Waals surface area (Å²) in [6.07, 6.45) is 0. The Balaban J connectivity index is 2.01. The number of carbonyl (C=O) groups is 2. The van der Waals surface area contributed by atoms with E-state index in [0.29, 0.717) is 10.7 Å². The highest BCUT2D eigenvalue weighted by Gasteiger charge is 2.35. The molecule has 102 valence electrons. The Bertz CT molecular complexity index is 544. The van der Waals surface area contributed by atoms with Crippen molar-refractivity contribution in [1.82, 2.24) is 4.90 Å². The number of amides is 2. The van der Waals surface area contributed by atoms with Gasteiger partial charge in [0.1, 0.15) is 0 Å². The summed E-state index contributed by atoms with van der Waals surface area (Å²) in [5.41, 5.74) is 0.333. The molecule has 0 atom stereocenters. The van der Waals surface area contributed by atoms with Gasteiger partial charge in [-0.2, -0.15) is 0 Å². The highest BCUT2D eigenvalue weighted by molar-refractivity contribution is 6.44. The van der Waals surface area contributed by atoms with Crippen molar-refractivity contribution in [3.8, 4) is 0 Å². The third-order valence-electron chi connectivity index (χ3n) is 2.77. The fourth-order valence-electron chi connectivity index (χ4n) is 1.61. The van der Waals surface area contributed by atoms with E-state index in [0.717, 1.165) is 0 Å². The summed E-state index contributed by atoms with van der Waals surface area (Å²) in [5, 5.41) is 12.1. The molecule has 0 aliphatic carbocycles. The summed E-state index contributed by atoms with van der Waals surface area (Å²) in [5.74, 6) is -1.41. The van der Waals surface area contributed by atoms with Gasteiger partial charge >= 0.3 is 12.0 Å². The number of carboxylic acids is 1. The number of urea groups is 1. The number of nitrogens with zero attached hydrogens (tertiary/aromatic N) is 1. The van der Waals surface area contributed by atoms with Crippen LogP contribution >= 0.6 is 34.8 Å². The molecule has 0 spiro atoms. The molecule has 2 amide bonds. The van der Waals surface area contributed by atoms with Gasteiger partial charge in [-0.1, -0.05) is 34.8 Å². The number of anilines is 1. The summed E-state index contributed by atoms with van der Waals surface area (Å²) in [6.45, 7) is 0.361. The van der Waals surface area contributed by atoms with Crippen LogP contribution < -0.4 is 5.32 Å². The largest absolute Gasteiger partial charge is 0.481 e. The van der Waals surface area contributed by atoms with Gasteiger partial charge in [-0.05, 0) is 12.1 Å². The minimum absolute atomic E-state index is 0.181. The maximum Gasteiger partial charge on any atom is 0.321 e. The second-order valence-electron chi connectivity index (χ2n) is 4.12. The maximum absolute atomic E-state index is 11.8. The summed E-state index contributed by atoms with van der Waals surface area (Å²) < 4.78 is 0. The number of likely N-dealkylation sites (tertiary alicyclic amines) is 1. The van der Waals surface area contributed by atoms with E-state index in [4.69, 9.17) is 39.9 Å². The number of halogens is 3. The van der Waals surface area contributed by atoms with Crippen molar-refractivity contribution in [2.75, 3.05) is 18.4 Å². The van der Waals surface area contributed by atoms with Crippen molar-refractivity contribution in [1.29, 1.82) is 0 Å². The van der Waals surface area contributed by atoms with Crippen LogP contribution in [0.15, 0.2) is 12.1 Å². The standard InChI is InChI=1S/C11H9Cl3N2O3/c12-6-1-8(14)9(2-7(6)13)15-11(19)16-3-5(4-16)10(17)18/h1-2,5H,3-4H2,(H,15,19)(H,17,18). The first-order chi connectivity index (χ1) is 8.88. The lowest BCUT2D eigenvalue weighted by Crippen LogP contribution is -2.54. The first-order valence-electron chi connectivity index (χ1n) is 5.31. The van der Waals surface area contributed by atoms with Crippen LogP contribution in [0.5, 0.6) is 0 Å². The van der Waals surface area contributed by atoms with Crippen molar-refractivity contribution in [3.05, 3.63) is 27.2 Å². The van der Waals surface area contributed by atoms with Crippen LogP contribution in [0.1, 0.15) is 0 Å². The Hall–Kier alpha value is -1.17. The molecule has 1 heterocycles. The van der Waals surface area contributed by atoms with E-state index in [2.05, 4.69) is 5.32 Å². The Morgan fingerprint density at radius 3 is 2.32 bits per heavy atom. The van der Waals surface area contributed by atoms with Crippen molar-refractivity contribution in [2.24, 2.45) is 5.92 Å². The van der Waals surface area contributed by atoms with E-state index in [9.17, 15) is 9.59 Å². The average Bonchev–Trinajstić information content (AvgIpc) is 2.23. The van der Waals surface area contributed by atoms with Gasteiger partial charge in [-0.15, -0.1) is 0 Å². The summed E-state index contributed by atoms with van der Waals surface area (Å²) >= 11 is 17.5. The van der Waals surface area contributed by atoms with Crippen molar-refractivity contribution in [3.63, 3.8) is 0 Å². The monoisotopic (exact) mass is 322 g/mol. The van der Waals surface area contributed by atoms with Crippen LogP contribution in [-0.2, 0) is 4.79 Å². The van der Waals surface area contributed by atoms with Gasteiger partial charge in [-0.25, -0.2) is 4.79 Å². The molecular formula is C11H9Cl3N2O3. The molecule has 19 heavy (non-hydrogen) atoms. The Labute approximate surface area is 124 Å². The zero-order chi connectivity index (χ0) is 14.2. The topological polar surface area (TPSA) is 69.6 Å². The van der Waals surface area contributed by atoms with Gasteiger partial charge in [0, 0.05) is 13.1 Å². The highest BCUT2D eigenvalue weighted by Crippen LogP contribution is 2.32. The lowest BCUT2D eigenvalue weighted by molar-refractivity contribution is -0.145. The van der Waals surface area contributed by atoms with Crippen LogP contribution in [0.4, 0.5) is 10.5 Å². The maximum atomic E-state index is 11.8. The van der Waals surface area contributed by atoms with Crippen LogP contribution in [0, 0.1) is 5.92 Å². The number of carboxylic acid groups (broad SMARTS) is 1. The quantitative estimate of drug-likeness (QED) is 0.821. The van der Waals surface area contributed by atoms with Crippen LogP contribution in [0.25, 0.3) is 0 Å². The minimum atomic E-state index is -0.906. The van der Waals surface area contributed by atoms with Gasteiger partial charge in [-0.3, -0.25) is 4.79 Å². The molecule has 1 aromatic rings. The minimum Gasteiger partial charge on any atom is -0.481 e. The second-order valence-corrected chi connectivity index (χ2v) is 5.34. The lowest BCUT2D eigenvalue weighted by atomic mass is 10.0. The van der Waals surface area contributed by atoms with E-state index in [1.807, 2.05) is 0 Å². The zero-order valence-corrected chi connectivity index (χ0v) is 11.8. The molecule has 0 saturated carbocycles. The Morgan fingerprint density at radius 2 is 1.74 bits per heavy atom.